The normalized spacial score (nSPS) is 13.7. The second-order valence-corrected chi connectivity index (χ2v) is 11.4. The standard InChI is InChI=1S/C20H27ISi/c1-18(2,16-12-8-6-9-13-16)20(5,22-21)19(3,4)17-14-10-7-11-15-17/h6-15H,22H2,1-5H3. The van der Waals surface area contributed by atoms with Gasteiger partial charge in [-0.1, -0.05) is 95.3 Å². The fraction of sp³-hybridized carbons (Fsp3) is 0.400. The van der Waals surface area contributed by atoms with Crippen LogP contribution in [0.4, 0.5) is 0 Å². The minimum Gasteiger partial charge on any atom is -0.127 e. The highest BCUT2D eigenvalue weighted by Gasteiger charge is 2.52. The van der Waals surface area contributed by atoms with Crippen molar-refractivity contribution in [2.24, 2.45) is 0 Å². The van der Waals surface area contributed by atoms with Crippen LogP contribution >= 0.6 is 21.8 Å². The maximum Gasteiger partial charge on any atom is 0.101 e. The fourth-order valence-corrected chi connectivity index (χ4v) is 10.3. The molecule has 0 aliphatic carbocycles. The second-order valence-electron chi connectivity index (χ2n) is 7.45. The fourth-order valence-electron chi connectivity index (χ4n) is 3.46. The number of hydrogen-bond donors (Lipinski definition) is 0. The van der Waals surface area contributed by atoms with Gasteiger partial charge in [-0.25, -0.2) is 0 Å². The first-order valence-electron chi connectivity index (χ1n) is 7.94. The molecule has 2 rings (SSSR count). The lowest BCUT2D eigenvalue weighted by Gasteiger charge is -2.54. The highest BCUT2D eigenvalue weighted by Crippen LogP contribution is 2.59. The third-order valence-corrected chi connectivity index (χ3v) is 12.9. The first kappa shape index (κ1) is 17.7. The molecule has 0 fully saturated rings. The lowest BCUT2D eigenvalue weighted by Crippen LogP contribution is -2.48. The topological polar surface area (TPSA) is 0 Å². The largest absolute Gasteiger partial charge is 0.127 e. The summed E-state index contributed by atoms with van der Waals surface area (Å²) in [7, 11) is -0.294. The van der Waals surface area contributed by atoms with Gasteiger partial charge in [-0.3, -0.25) is 0 Å². The van der Waals surface area contributed by atoms with Crippen molar-refractivity contribution in [3.8, 4) is 0 Å². The molecule has 0 nitrogen and oxygen atoms in total. The molecule has 0 heterocycles. The summed E-state index contributed by atoms with van der Waals surface area (Å²) >= 11 is 2.71. The van der Waals surface area contributed by atoms with Crippen molar-refractivity contribution in [2.45, 2.75) is 50.5 Å². The van der Waals surface area contributed by atoms with Crippen molar-refractivity contribution in [1.29, 1.82) is 0 Å². The maximum absolute atomic E-state index is 2.71. The summed E-state index contributed by atoms with van der Waals surface area (Å²) in [5.74, 6) is 0. The summed E-state index contributed by atoms with van der Waals surface area (Å²) in [6.07, 6.45) is 0. The van der Waals surface area contributed by atoms with Gasteiger partial charge in [0.25, 0.3) is 0 Å². The van der Waals surface area contributed by atoms with Gasteiger partial charge in [0, 0.05) is 0 Å². The van der Waals surface area contributed by atoms with Crippen molar-refractivity contribution in [2.75, 3.05) is 0 Å². The zero-order valence-electron chi connectivity index (χ0n) is 14.4. The third kappa shape index (κ3) is 2.80. The Kier molecular flexibility index (Phi) is 5.22. The van der Waals surface area contributed by atoms with Gasteiger partial charge in [0.1, 0.15) is 7.02 Å². The van der Waals surface area contributed by atoms with Gasteiger partial charge in [0.2, 0.25) is 0 Å². The van der Waals surface area contributed by atoms with E-state index in [4.69, 9.17) is 0 Å². The summed E-state index contributed by atoms with van der Waals surface area (Å²) in [5, 5.41) is 0.267. The molecule has 2 heteroatoms. The van der Waals surface area contributed by atoms with E-state index in [1.54, 1.807) is 0 Å². The summed E-state index contributed by atoms with van der Waals surface area (Å²) in [4.78, 5) is 0. The van der Waals surface area contributed by atoms with Crippen molar-refractivity contribution in [3.63, 3.8) is 0 Å². The van der Waals surface area contributed by atoms with Crippen LogP contribution in [-0.2, 0) is 10.8 Å². The van der Waals surface area contributed by atoms with E-state index >= 15 is 0 Å². The Morgan fingerprint density at radius 1 is 0.636 bits per heavy atom. The Morgan fingerprint density at radius 3 is 1.23 bits per heavy atom. The lowest BCUT2D eigenvalue weighted by atomic mass is 9.59. The van der Waals surface area contributed by atoms with Crippen molar-refractivity contribution in [1.82, 2.24) is 0 Å². The van der Waals surface area contributed by atoms with E-state index < -0.39 is 0 Å². The van der Waals surface area contributed by atoms with Crippen LogP contribution in [0.2, 0.25) is 5.04 Å². The Balaban J connectivity index is 2.57. The number of rotatable bonds is 5. The molecule has 0 aliphatic rings. The molecular weight excluding hydrogens is 395 g/mol. The van der Waals surface area contributed by atoms with Gasteiger partial charge in [-0.05, 0) is 27.0 Å². The van der Waals surface area contributed by atoms with Crippen LogP contribution in [0.1, 0.15) is 45.7 Å². The average molecular weight is 422 g/mol. The van der Waals surface area contributed by atoms with Crippen LogP contribution in [0, 0.1) is 0 Å². The minimum absolute atomic E-state index is 0.140. The minimum atomic E-state index is -0.294. The van der Waals surface area contributed by atoms with Crippen LogP contribution < -0.4 is 0 Å². The second kappa shape index (κ2) is 6.48. The van der Waals surface area contributed by atoms with Crippen molar-refractivity contribution >= 4 is 28.8 Å². The molecule has 0 N–H and O–H groups in total. The van der Waals surface area contributed by atoms with Crippen LogP contribution in [-0.4, -0.2) is 7.02 Å². The molecule has 0 radical (unpaired) electrons. The van der Waals surface area contributed by atoms with Crippen LogP contribution in [0.25, 0.3) is 0 Å². The predicted octanol–water partition coefficient (Wildman–Crippen LogP) is 5.64. The van der Waals surface area contributed by atoms with E-state index in [1.165, 1.54) is 11.1 Å². The molecular formula is C20H27ISi. The summed E-state index contributed by atoms with van der Waals surface area (Å²) < 4.78 is 0. The summed E-state index contributed by atoms with van der Waals surface area (Å²) in [6.45, 7) is 12.2. The third-order valence-electron chi connectivity index (χ3n) is 6.02. The SMILES string of the molecule is CC(C)(c1ccccc1)C(C)([SiH2]I)C(C)(C)c1ccccc1. The van der Waals surface area contributed by atoms with Crippen LogP contribution in [0.15, 0.2) is 60.7 Å². The van der Waals surface area contributed by atoms with Gasteiger partial charge >= 0.3 is 0 Å². The highest BCUT2D eigenvalue weighted by atomic mass is 127. The first-order valence-corrected chi connectivity index (χ1v) is 13.8. The molecule has 0 aromatic heterocycles. The van der Waals surface area contributed by atoms with E-state index in [1.807, 2.05) is 0 Å². The van der Waals surface area contributed by atoms with E-state index in [0.29, 0.717) is 0 Å². The number of benzene rings is 2. The average Bonchev–Trinajstić information content (AvgIpc) is 2.55. The Morgan fingerprint density at radius 2 is 0.955 bits per heavy atom. The van der Waals surface area contributed by atoms with Gasteiger partial charge in [-0.15, -0.1) is 21.8 Å². The van der Waals surface area contributed by atoms with Crippen molar-refractivity contribution < 1.29 is 0 Å². The Bertz CT molecular complexity index is 551. The number of hydrogen-bond acceptors (Lipinski definition) is 0. The lowest BCUT2D eigenvalue weighted by molar-refractivity contribution is 0.242. The molecule has 0 atom stereocenters. The van der Waals surface area contributed by atoms with E-state index in [0.717, 1.165) is 0 Å². The monoisotopic (exact) mass is 422 g/mol. The quantitative estimate of drug-likeness (QED) is 0.332. The van der Waals surface area contributed by atoms with Crippen LogP contribution in [0.3, 0.4) is 0 Å². The molecule has 0 spiro atoms. The van der Waals surface area contributed by atoms with Crippen molar-refractivity contribution in [3.05, 3.63) is 71.8 Å². The van der Waals surface area contributed by atoms with Gasteiger partial charge < -0.3 is 0 Å². The summed E-state index contributed by atoms with van der Waals surface area (Å²) in [5.41, 5.74) is 3.18. The molecule has 0 saturated carbocycles. The predicted molar refractivity (Wildman–Crippen MR) is 110 cm³/mol. The van der Waals surface area contributed by atoms with E-state index in [-0.39, 0.29) is 22.9 Å². The molecule has 0 unspecified atom stereocenters. The Hall–Kier alpha value is -0.613. The zero-order chi connectivity index (χ0) is 16.4. The highest BCUT2D eigenvalue weighted by molar-refractivity contribution is 14.1. The molecule has 0 aliphatic heterocycles. The molecule has 118 valence electrons. The first-order chi connectivity index (χ1) is 10.3. The molecule has 0 amide bonds. The smallest absolute Gasteiger partial charge is 0.101 e. The molecule has 0 bridgehead atoms. The van der Waals surface area contributed by atoms with Gasteiger partial charge in [0.15, 0.2) is 0 Å². The van der Waals surface area contributed by atoms with Gasteiger partial charge in [0.05, 0.1) is 0 Å². The molecule has 2 aromatic carbocycles. The zero-order valence-corrected chi connectivity index (χ0v) is 17.9. The van der Waals surface area contributed by atoms with Gasteiger partial charge in [-0.2, -0.15) is 0 Å². The van der Waals surface area contributed by atoms with Crippen LogP contribution in [0.5, 0.6) is 0 Å². The molecule has 22 heavy (non-hydrogen) atoms. The summed E-state index contributed by atoms with van der Waals surface area (Å²) in [6, 6.07) is 22.1. The molecule has 2 aromatic rings. The van der Waals surface area contributed by atoms with E-state index in [2.05, 4.69) is 117 Å². The maximum atomic E-state index is 2.71. The number of halogens is 1. The van der Waals surface area contributed by atoms with E-state index in [9.17, 15) is 0 Å². The molecule has 0 saturated heterocycles. The Labute approximate surface area is 150 Å².